The van der Waals surface area contributed by atoms with Crippen LogP contribution in [0, 0.1) is 4.91 Å². The van der Waals surface area contributed by atoms with Gasteiger partial charge in [-0.25, -0.2) is 8.42 Å². The van der Waals surface area contributed by atoms with Crippen LogP contribution in [0.15, 0.2) is 46.5 Å². The summed E-state index contributed by atoms with van der Waals surface area (Å²) in [6.45, 7) is 10.1. The number of sulfonamides is 1. The number of hydrogen-bond acceptors (Lipinski definition) is 7. The normalized spacial score (nSPS) is 15.7. The summed E-state index contributed by atoms with van der Waals surface area (Å²) in [7, 11) is -3.92. The first kappa shape index (κ1) is 25.9. The minimum Gasteiger partial charge on any atom is -0.456 e. The lowest BCUT2D eigenvalue weighted by atomic mass is 10.3. The van der Waals surface area contributed by atoms with Crippen LogP contribution in [0.3, 0.4) is 0 Å². The summed E-state index contributed by atoms with van der Waals surface area (Å²) < 4.78 is 34.2. The van der Waals surface area contributed by atoms with E-state index in [0.29, 0.717) is 36.2 Å². The second kappa shape index (κ2) is 11.6. The van der Waals surface area contributed by atoms with Crippen molar-refractivity contribution in [2.24, 2.45) is 5.18 Å². The molecule has 0 aliphatic carbocycles. The maximum Gasteiger partial charge on any atom is 0.246 e. The van der Waals surface area contributed by atoms with Crippen LogP contribution in [0.4, 0.5) is 5.69 Å². The third kappa shape index (κ3) is 6.65. The molecule has 2 aromatic carbocycles. The first-order valence-corrected chi connectivity index (χ1v) is 13.0. The summed E-state index contributed by atoms with van der Waals surface area (Å²) in [6.07, 6.45) is 0. The highest BCUT2D eigenvalue weighted by Gasteiger charge is 2.31. The second-order valence-electron chi connectivity index (χ2n) is 7.70. The Balaban J connectivity index is 1.79. The lowest BCUT2D eigenvalue weighted by Gasteiger charge is -2.35. The predicted molar refractivity (Wildman–Crippen MR) is 131 cm³/mol. The van der Waals surface area contributed by atoms with Gasteiger partial charge in [0.2, 0.25) is 10.0 Å². The van der Waals surface area contributed by atoms with Gasteiger partial charge in [0.15, 0.2) is 0 Å². The smallest absolute Gasteiger partial charge is 0.246 e. The second-order valence-corrected chi connectivity index (χ2v) is 10.5. The van der Waals surface area contributed by atoms with Crippen molar-refractivity contribution in [2.45, 2.75) is 18.7 Å². The Morgan fingerprint density at radius 2 is 1.64 bits per heavy atom. The van der Waals surface area contributed by atoms with Crippen LogP contribution in [-0.2, 0) is 10.0 Å². The van der Waals surface area contributed by atoms with E-state index in [1.54, 1.807) is 6.07 Å². The molecule has 0 bridgehead atoms. The quantitative estimate of drug-likeness (QED) is 0.422. The molecule has 0 radical (unpaired) electrons. The van der Waals surface area contributed by atoms with Crippen molar-refractivity contribution in [3.8, 4) is 11.5 Å². The maximum absolute atomic E-state index is 13.5. The standard InChI is InChI=1S/C22H28Cl2N4O4S/c1-3-26(4-2)7-8-27-9-11-28(12-10-27)33(30,31)22-16-19(25-29)5-6-21(22)32-20-14-17(23)13-18(24)15-20/h5-6,13-16H,3-4,7-12H2,1-2H3. The van der Waals surface area contributed by atoms with Crippen LogP contribution in [0.1, 0.15) is 13.8 Å². The maximum atomic E-state index is 13.5. The Bertz CT molecular complexity index is 1050. The number of rotatable bonds is 10. The van der Waals surface area contributed by atoms with E-state index in [-0.39, 0.29) is 22.1 Å². The highest BCUT2D eigenvalue weighted by Crippen LogP contribution is 2.36. The third-order valence-electron chi connectivity index (χ3n) is 5.67. The van der Waals surface area contributed by atoms with Gasteiger partial charge in [0.05, 0.1) is 0 Å². The number of benzene rings is 2. The highest BCUT2D eigenvalue weighted by molar-refractivity contribution is 7.89. The lowest BCUT2D eigenvalue weighted by molar-refractivity contribution is 0.163. The zero-order valence-electron chi connectivity index (χ0n) is 18.7. The number of piperazine rings is 1. The van der Waals surface area contributed by atoms with Gasteiger partial charge >= 0.3 is 0 Å². The molecule has 0 amide bonds. The topological polar surface area (TPSA) is 82.5 Å². The number of halogens is 2. The molecule has 1 aliphatic rings. The zero-order valence-corrected chi connectivity index (χ0v) is 21.0. The van der Waals surface area contributed by atoms with Gasteiger partial charge in [0.1, 0.15) is 22.1 Å². The third-order valence-corrected chi connectivity index (χ3v) is 8.03. The molecule has 1 aliphatic heterocycles. The lowest BCUT2D eigenvalue weighted by Crippen LogP contribution is -2.50. The summed E-state index contributed by atoms with van der Waals surface area (Å²) in [5.41, 5.74) is 0.00269. The van der Waals surface area contributed by atoms with Gasteiger partial charge in [-0.3, -0.25) is 4.90 Å². The average molecular weight is 515 g/mol. The fraction of sp³-hybridized carbons (Fsp3) is 0.455. The van der Waals surface area contributed by atoms with Crippen LogP contribution < -0.4 is 4.74 Å². The minimum absolute atomic E-state index is 0.00269. The first-order chi connectivity index (χ1) is 15.8. The van der Waals surface area contributed by atoms with Gasteiger partial charge in [-0.1, -0.05) is 37.0 Å². The van der Waals surface area contributed by atoms with Crippen molar-refractivity contribution >= 4 is 38.9 Å². The molecule has 1 heterocycles. The van der Waals surface area contributed by atoms with E-state index in [2.05, 4.69) is 28.8 Å². The first-order valence-electron chi connectivity index (χ1n) is 10.8. The molecule has 1 saturated heterocycles. The number of hydrogen-bond donors (Lipinski definition) is 0. The van der Waals surface area contributed by atoms with Crippen LogP contribution in [0.2, 0.25) is 10.0 Å². The van der Waals surface area contributed by atoms with Gasteiger partial charge < -0.3 is 9.64 Å². The molecule has 2 aromatic rings. The fourth-order valence-corrected chi connectivity index (χ4v) is 5.77. The molecule has 0 N–H and O–H groups in total. The predicted octanol–water partition coefficient (Wildman–Crippen LogP) is 4.83. The molecule has 180 valence electrons. The Morgan fingerprint density at radius 1 is 1.00 bits per heavy atom. The van der Waals surface area contributed by atoms with Gasteiger partial charge in [-0.05, 0) is 54.7 Å². The van der Waals surface area contributed by atoms with E-state index < -0.39 is 10.0 Å². The molecule has 0 atom stereocenters. The van der Waals surface area contributed by atoms with E-state index in [0.717, 1.165) is 26.2 Å². The Hall–Kier alpha value is -1.75. The van der Waals surface area contributed by atoms with E-state index in [1.807, 2.05) is 0 Å². The molecule has 0 aromatic heterocycles. The van der Waals surface area contributed by atoms with E-state index >= 15 is 0 Å². The van der Waals surface area contributed by atoms with Crippen LogP contribution in [-0.4, -0.2) is 74.9 Å². The van der Waals surface area contributed by atoms with Crippen molar-refractivity contribution in [1.29, 1.82) is 0 Å². The van der Waals surface area contributed by atoms with Crippen molar-refractivity contribution in [3.05, 3.63) is 51.4 Å². The molecule has 0 saturated carbocycles. The van der Waals surface area contributed by atoms with Crippen LogP contribution in [0.5, 0.6) is 11.5 Å². The molecular weight excluding hydrogens is 487 g/mol. The molecule has 0 spiro atoms. The fourth-order valence-electron chi connectivity index (χ4n) is 3.71. The van der Waals surface area contributed by atoms with Gasteiger partial charge in [-0.2, -0.15) is 4.31 Å². The molecule has 11 heteroatoms. The molecule has 1 fully saturated rings. The SMILES string of the molecule is CCN(CC)CCN1CCN(S(=O)(=O)c2cc(N=O)ccc2Oc2cc(Cl)cc(Cl)c2)CC1. The number of likely N-dealkylation sites (N-methyl/N-ethyl adjacent to an activating group) is 1. The summed E-state index contributed by atoms with van der Waals surface area (Å²) >= 11 is 12.1. The summed E-state index contributed by atoms with van der Waals surface area (Å²) in [6, 6.07) is 8.66. The number of ether oxygens (including phenoxy) is 1. The monoisotopic (exact) mass is 514 g/mol. The largest absolute Gasteiger partial charge is 0.456 e. The van der Waals surface area contributed by atoms with Crippen molar-refractivity contribution in [2.75, 3.05) is 52.4 Å². The Morgan fingerprint density at radius 3 is 2.21 bits per heavy atom. The number of nitrogens with zero attached hydrogens (tertiary/aromatic N) is 4. The zero-order chi connectivity index (χ0) is 24.0. The summed E-state index contributed by atoms with van der Waals surface area (Å²) in [4.78, 5) is 15.6. The van der Waals surface area contributed by atoms with Crippen molar-refractivity contribution < 1.29 is 13.2 Å². The summed E-state index contributed by atoms with van der Waals surface area (Å²) in [5, 5.41) is 3.60. The highest BCUT2D eigenvalue weighted by atomic mass is 35.5. The van der Waals surface area contributed by atoms with Crippen LogP contribution in [0.25, 0.3) is 0 Å². The van der Waals surface area contributed by atoms with Gasteiger partial charge in [0, 0.05) is 49.3 Å². The van der Waals surface area contributed by atoms with Crippen molar-refractivity contribution in [3.63, 3.8) is 0 Å². The van der Waals surface area contributed by atoms with E-state index in [9.17, 15) is 13.3 Å². The van der Waals surface area contributed by atoms with Crippen molar-refractivity contribution in [1.82, 2.24) is 14.1 Å². The average Bonchev–Trinajstić information content (AvgIpc) is 2.79. The minimum atomic E-state index is -3.92. The Labute approximate surface area is 205 Å². The number of nitroso groups, excluding NO2 is 1. The van der Waals surface area contributed by atoms with Gasteiger partial charge in [-0.15, -0.1) is 4.91 Å². The molecular formula is C22H28Cl2N4O4S. The van der Waals surface area contributed by atoms with E-state index in [1.165, 1.54) is 34.6 Å². The Kier molecular flexibility index (Phi) is 9.09. The summed E-state index contributed by atoms with van der Waals surface area (Å²) in [5.74, 6) is 0.363. The molecule has 33 heavy (non-hydrogen) atoms. The molecule has 0 unspecified atom stereocenters. The van der Waals surface area contributed by atoms with Crippen LogP contribution >= 0.6 is 23.2 Å². The molecule has 8 nitrogen and oxygen atoms in total. The molecule has 3 rings (SSSR count). The van der Waals surface area contributed by atoms with Gasteiger partial charge in [0.25, 0.3) is 0 Å². The van der Waals surface area contributed by atoms with E-state index in [4.69, 9.17) is 27.9 Å².